The topological polar surface area (TPSA) is 57.7 Å². The molecule has 1 aliphatic heterocycles. The van der Waals surface area contributed by atoms with Crippen molar-refractivity contribution < 1.29 is 9.53 Å². The van der Waals surface area contributed by atoms with Crippen LogP contribution in [-0.4, -0.2) is 67.6 Å². The Hall–Kier alpha value is -1.96. The molecule has 1 atom stereocenters. The normalized spacial score (nSPS) is 15.9. The number of nitrogens with one attached hydrogen (secondary N) is 1. The number of ether oxygens (including phenoxy) is 1. The molecule has 0 saturated carbocycles. The van der Waals surface area contributed by atoms with Crippen molar-refractivity contribution in [2.75, 3.05) is 52.3 Å². The molecule has 1 N–H and O–H groups in total. The number of nitrogens with zero attached hydrogens (tertiary/aromatic N) is 3. The van der Waals surface area contributed by atoms with E-state index >= 15 is 0 Å². The summed E-state index contributed by atoms with van der Waals surface area (Å²) >= 11 is 1.78. The van der Waals surface area contributed by atoms with E-state index in [1.165, 1.54) is 10.4 Å². The largest absolute Gasteiger partial charge is 0.378 e. The van der Waals surface area contributed by atoms with E-state index in [9.17, 15) is 4.79 Å². The van der Waals surface area contributed by atoms with Crippen molar-refractivity contribution in [3.63, 3.8) is 0 Å². The van der Waals surface area contributed by atoms with E-state index in [0.717, 1.165) is 12.4 Å². The van der Waals surface area contributed by atoms with Gasteiger partial charge in [0.15, 0.2) is 0 Å². The second-order valence-corrected chi connectivity index (χ2v) is 7.61. The Morgan fingerprint density at radius 3 is 2.69 bits per heavy atom. The van der Waals surface area contributed by atoms with Crippen molar-refractivity contribution in [3.05, 3.63) is 45.8 Å². The van der Waals surface area contributed by atoms with Gasteiger partial charge in [-0.3, -0.25) is 4.79 Å². The van der Waals surface area contributed by atoms with E-state index in [-0.39, 0.29) is 11.9 Å². The van der Waals surface area contributed by atoms with Gasteiger partial charge in [0.1, 0.15) is 5.82 Å². The fourth-order valence-electron chi connectivity index (χ4n) is 3.01. The predicted molar refractivity (Wildman–Crippen MR) is 105 cm³/mol. The average Bonchev–Trinajstić information content (AvgIpc) is 3.08. The average molecular weight is 375 g/mol. The molecule has 3 heterocycles. The molecule has 1 saturated heterocycles. The predicted octanol–water partition coefficient (Wildman–Crippen LogP) is 2.64. The maximum Gasteiger partial charge on any atom is 0.255 e. The number of hydrogen-bond donors (Lipinski definition) is 1. The fourth-order valence-corrected chi connectivity index (χ4v) is 4.13. The Bertz CT molecular complexity index is 723. The van der Waals surface area contributed by atoms with Gasteiger partial charge >= 0.3 is 0 Å². The van der Waals surface area contributed by atoms with Crippen LogP contribution in [0.2, 0.25) is 0 Å². The molecule has 140 valence electrons. The van der Waals surface area contributed by atoms with Crippen LogP contribution in [0.4, 0.5) is 5.82 Å². The van der Waals surface area contributed by atoms with Gasteiger partial charge in [-0.05, 0) is 50.2 Å². The summed E-state index contributed by atoms with van der Waals surface area (Å²) < 4.78 is 5.29. The third kappa shape index (κ3) is 4.41. The Kier molecular flexibility index (Phi) is 6.24. The molecule has 0 radical (unpaired) electrons. The summed E-state index contributed by atoms with van der Waals surface area (Å²) in [7, 11) is 4.17. The highest BCUT2D eigenvalue weighted by Crippen LogP contribution is 2.27. The van der Waals surface area contributed by atoms with Crippen LogP contribution in [0.15, 0.2) is 29.8 Å². The number of hydrogen-bond acceptors (Lipinski definition) is 6. The Morgan fingerprint density at radius 1 is 1.35 bits per heavy atom. The summed E-state index contributed by atoms with van der Waals surface area (Å²) in [5, 5.41) is 5.53. The highest BCUT2D eigenvalue weighted by atomic mass is 32.1. The number of aryl methyl sites for hydroxylation is 1. The lowest BCUT2D eigenvalue weighted by Gasteiger charge is -2.27. The van der Waals surface area contributed by atoms with E-state index in [1.54, 1.807) is 17.5 Å². The maximum absolute atomic E-state index is 12.5. The summed E-state index contributed by atoms with van der Waals surface area (Å²) in [6.45, 7) is 5.40. The quantitative estimate of drug-likeness (QED) is 0.842. The summed E-state index contributed by atoms with van der Waals surface area (Å²) in [5.74, 6) is 0.803. The van der Waals surface area contributed by atoms with Crippen LogP contribution in [-0.2, 0) is 4.74 Å². The molecule has 0 spiro atoms. The van der Waals surface area contributed by atoms with Crippen LogP contribution >= 0.6 is 11.3 Å². The SMILES string of the molecule is Cc1ccsc1C(CNc1ccc(C(=O)N2CCOCC2)cn1)N(C)C. The van der Waals surface area contributed by atoms with Gasteiger partial charge in [0.25, 0.3) is 5.91 Å². The second-order valence-electron chi connectivity index (χ2n) is 6.66. The summed E-state index contributed by atoms with van der Waals surface area (Å²) in [4.78, 5) is 22.3. The lowest BCUT2D eigenvalue weighted by atomic mass is 10.1. The van der Waals surface area contributed by atoms with Gasteiger partial charge in [0.2, 0.25) is 0 Å². The van der Waals surface area contributed by atoms with Crippen molar-refractivity contribution in [2.45, 2.75) is 13.0 Å². The highest BCUT2D eigenvalue weighted by Gasteiger charge is 2.20. The number of amides is 1. The van der Waals surface area contributed by atoms with Crippen LogP contribution in [0.5, 0.6) is 0 Å². The van der Waals surface area contributed by atoms with Gasteiger partial charge in [0, 0.05) is 30.7 Å². The smallest absolute Gasteiger partial charge is 0.255 e. The Labute approximate surface area is 158 Å². The van der Waals surface area contributed by atoms with Crippen molar-refractivity contribution in [1.82, 2.24) is 14.8 Å². The Balaban J connectivity index is 1.61. The van der Waals surface area contributed by atoms with Gasteiger partial charge < -0.3 is 19.9 Å². The lowest BCUT2D eigenvalue weighted by molar-refractivity contribution is 0.0302. The zero-order valence-electron chi connectivity index (χ0n) is 15.6. The van der Waals surface area contributed by atoms with Crippen molar-refractivity contribution >= 4 is 23.1 Å². The van der Waals surface area contributed by atoms with E-state index in [1.807, 2.05) is 17.0 Å². The number of carbonyl (C=O) groups excluding carboxylic acids is 1. The number of thiophene rings is 1. The molecule has 1 fully saturated rings. The van der Waals surface area contributed by atoms with Gasteiger partial charge in [-0.25, -0.2) is 4.98 Å². The minimum absolute atomic E-state index is 0.0210. The Morgan fingerprint density at radius 2 is 2.12 bits per heavy atom. The molecular formula is C19H26N4O2S. The van der Waals surface area contributed by atoms with Crippen LogP contribution in [0.25, 0.3) is 0 Å². The van der Waals surface area contributed by atoms with Crippen molar-refractivity contribution in [3.8, 4) is 0 Å². The molecule has 0 aliphatic carbocycles. The summed E-state index contributed by atoms with van der Waals surface area (Å²) in [6, 6.07) is 6.16. The maximum atomic E-state index is 12.5. The molecule has 1 aliphatic rings. The first-order chi connectivity index (χ1) is 12.6. The third-order valence-electron chi connectivity index (χ3n) is 4.61. The van der Waals surface area contributed by atoms with Gasteiger partial charge in [-0.1, -0.05) is 0 Å². The van der Waals surface area contributed by atoms with Gasteiger partial charge in [-0.2, -0.15) is 0 Å². The first-order valence-corrected chi connectivity index (χ1v) is 9.71. The monoisotopic (exact) mass is 374 g/mol. The number of carbonyl (C=O) groups is 1. The van der Waals surface area contributed by atoms with Crippen LogP contribution in [0.1, 0.15) is 26.8 Å². The number of likely N-dealkylation sites (N-methyl/N-ethyl adjacent to an activating group) is 1. The van der Waals surface area contributed by atoms with Crippen molar-refractivity contribution in [2.24, 2.45) is 0 Å². The van der Waals surface area contributed by atoms with Crippen LogP contribution < -0.4 is 5.32 Å². The number of pyridine rings is 1. The van der Waals surface area contributed by atoms with Crippen LogP contribution in [0, 0.1) is 6.92 Å². The molecule has 1 amide bonds. The fraction of sp³-hybridized carbons (Fsp3) is 0.474. The highest BCUT2D eigenvalue weighted by molar-refractivity contribution is 7.10. The minimum atomic E-state index is 0.0210. The van der Waals surface area contributed by atoms with Gasteiger partial charge in [0.05, 0.1) is 24.8 Å². The standard InChI is InChI=1S/C19H26N4O2S/c1-14-6-11-26-18(14)16(22(2)3)13-21-17-5-4-15(12-20-17)19(24)23-7-9-25-10-8-23/h4-6,11-12,16H,7-10,13H2,1-3H3,(H,20,21). The van der Waals surface area contributed by atoms with E-state index < -0.39 is 0 Å². The molecule has 0 bridgehead atoms. The van der Waals surface area contributed by atoms with Gasteiger partial charge in [-0.15, -0.1) is 11.3 Å². The molecule has 1 unspecified atom stereocenters. The molecule has 3 rings (SSSR count). The number of rotatable bonds is 6. The third-order valence-corrected chi connectivity index (χ3v) is 5.73. The van der Waals surface area contributed by atoms with E-state index in [0.29, 0.717) is 31.9 Å². The molecule has 6 nitrogen and oxygen atoms in total. The van der Waals surface area contributed by atoms with Crippen LogP contribution in [0.3, 0.4) is 0 Å². The summed E-state index contributed by atoms with van der Waals surface area (Å²) in [6.07, 6.45) is 1.65. The molecule has 2 aromatic rings. The second kappa shape index (κ2) is 8.62. The van der Waals surface area contributed by atoms with E-state index in [4.69, 9.17) is 4.74 Å². The van der Waals surface area contributed by atoms with E-state index in [2.05, 4.69) is 47.7 Å². The van der Waals surface area contributed by atoms with Crippen molar-refractivity contribution in [1.29, 1.82) is 0 Å². The zero-order chi connectivity index (χ0) is 18.5. The number of morpholine rings is 1. The zero-order valence-corrected chi connectivity index (χ0v) is 16.4. The first kappa shape index (κ1) is 18.8. The molecule has 7 heteroatoms. The molecule has 2 aromatic heterocycles. The lowest BCUT2D eigenvalue weighted by Crippen LogP contribution is -2.40. The molecular weight excluding hydrogens is 348 g/mol. The number of aromatic nitrogens is 1. The molecule has 26 heavy (non-hydrogen) atoms. The summed E-state index contributed by atoms with van der Waals surface area (Å²) in [5.41, 5.74) is 1.94. The number of anilines is 1. The minimum Gasteiger partial charge on any atom is -0.378 e. The first-order valence-electron chi connectivity index (χ1n) is 8.83. The molecule has 0 aromatic carbocycles.